The van der Waals surface area contributed by atoms with Crippen LogP contribution in [-0.4, -0.2) is 76.8 Å². The monoisotopic (exact) mass is 513 g/mol. The van der Waals surface area contributed by atoms with Crippen LogP contribution in [0.25, 0.3) is 0 Å². The Labute approximate surface area is 197 Å². The Kier molecular flexibility index (Phi) is 6.36. The van der Waals surface area contributed by atoms with Gasteiger partial charge >= 0.3 is 5.97 Å². The van der Waals surface area contributed by atoms with Gasteiger partial charge in [-0.1, -0.05) is 28.3 Å². The van der Waals surface area contributed by atoms with Gasteiger partial charge in [-0.3, -0.25) is 14.5 Å². The van der Waals surface area contributed by atoms with Crippen molar-refractivity contribution in [1.29, 1.82) is 0 Å². The highest BCUT2D eigenvalue weighted by atomic mass is 32.2. The summed E-state index contributed by atoms with van der Waals surface area (Å²) in [6.45, 7) is 1.83. The second-order valence-corrected chi connectivity index (χ2v) is 10.9. The van der Waals surface area contributed by atoms with E-state index < -0.39 is 29.2 Å². The van der Waals surface area contributed by atoms with E-state index in [0.29, 0.717) is 21.4 Å². The number of nitrogens with one attached hydrogen (secondary N) is 1. The van der Waals surface area contributed by atoms with Crippen molar-refractivity contribution in [2.45, 2.75) is 22.7 Å². The van der Waals surface area contributed by atoms with Crippen LogP contribution < -0.4 is 11.1 Å². The van der Waals surface area contributed by atoms with Crippen LogP contribution in [0.1, 0.15) is 10.7 Å². The number of carboxylic acid groups (broad SMARTS) is 1. The number of rotatable bonds is 7. The van der Waals surface area contributed by atoms with Crippen LogP contribution in [-0.2, 0) is 14.4 Å². The zero-order valence-electron chi connectivity index (χ0n) is 16.2. The number of β-lactam (4-membered cyclic amide) rings is 1. The Morgan fingerprint density at radius 1 is 1.44 bits per heavy atom. The van der Waals surface area contributed by atoms with Crippen LogP contribution >= 0.6 is 46.2 Å². The number of fused-ring (bicyclic) bond motifs is 1. The predicted molar refractivity (Wildman–Crippen MR) is 120 cm³/mol. The van der Waals surface area contributed by atoms with Gasteiger partial charge in [0.25, 0.3) is 11.8 Å². The number of carbonyl (C=O) groups excluding carboxylic acids is 2. The number of thioether (sulfide) groups is 2. The van der Waals surface area contributed by atoms with Gasteiger partial charge in [-0.15, -0.1) is 33.3 Å². The molecule has 2 atom stereocenters. The molecule has 2 amide bonds. The third-order valence-electron chi connectivity index (χ3n) is 4.49. The van der Waals surface area contributed by atoms with Crippen molar-refractivity contribution in [2.24, 2.45) is 5.16 Å². The number of nitrogens with two attached hydrogens (primary N) is 1. The Hall–Kier alpha value is -2.69. The first-order valence-corrected chi connectivity index (χ1v) is 12.6. The molecular weight excluding hydrogens is 498 g/mol. The van der Waals surface area contributed by atoms with E-state index in [1.807, 2.05) is 6.92 Å². The fourth-order valence-electron chi connectivity index (χ4n) is 3.10. The van der Waals surface area contributed by atoms with Gasteiger partial charge in [0.15, 0.2) is 15.2 Å². The fourth-order valence-corrected chi connectivity index (χ4v) is 6.95. The smallest absolute Gasteiger partial charge is 0.352 e. The van der Waals surface area contributed by atoms with E-state index in [9.17, 15) is 24.7 Å². The third kappa shape index (κ3) is 4.17. The van der Waals surface area contributed by atoms with Crippen LogP contribution in [0.15, 0.2) is 26.1 Å². The molecule has 2 aromatic heterocycles. The largest absolute Gasteiger partial charge is 0.477 e. The number of anilines is 1. The average molecular weight is 514 g/mol. The highest BCUT2D eigenvalue weighted by molar-refractivity contribution is 8.01. The Morgan fingerprint density at radius 3 is 2.81 bits per heavy atom. The molecule has 16 heteroatoms. The number of carbonyl (C=O) groups is 3. The van der Waals surface area contributed by atoms with Gasteiger partial charge in [0.05, 0.1) is 0 Å². The molecule has 4 heterocycles. The number of oxime groups is 1. The van der Waals surface area contributed by atoms with Gasteiger partial charge in [-0.25, -0.2) is 9.78 Å². The summed E-state index contributed by atoms with van der Waals surface area (Å²) in [5.74, 6) is -1.87. The maximum atomic E-state index is 12.8. The van der Waals surface area contributed by atoms with Crippen molar-refractivity contribution < 1.29 is 24.7 Å². The quantitative estimate of drug-likeness (QED) is 0.134. The lowest BCUT2D eigenvalue weighted by atomic mass is 10.0. The predicted octanol–water partition coefficient (Wildman–Crippen LogP) is 0.594. The zero-order valence-corrected chi connectivity index (χ0v) is 19.5. The van der Waals surface area contributed by atoms with E-state index in [0.717, 1.165) is 16.3 Å². The summed E-state index contributed by atoms with van der Waals surface area (Å²) >= 11 is 5.17. The highest BCUT2D eigenvalue weighted by Crippen LogP contribution is 2.41. The number of nitrogen functional groups attached to an aromatic ring is 1. The van der Waals surface area contributed by atoms with Crippen molar-refractivity contribution in [1.82, 2.24) is 25.4 Å². The second-order valence-electron chi connectivity index (χ2n) is 6.51. The lowest BCUT2D eigenvalue weighted by Gasteiger charge is -2.49. The Balaban J connectivity index is 1.48. The zero-order chi connectivity index (χ0) is 23.0. The van der Waals surface area contributed by atoms with E-state index >= 15 is 0 Å². The molecule has 1 saturated heterocycles. The van der Waals surface area contributed by atoms with Crippen LogP contribution in [0.5, 0.6) is 0 Å². The molecule has 0 aromatic carbocycles. The first-order valence-electron chi connectivity index (χ1n) is 8.87. The molecular formula is C16H15N7O5S4. The van der Waals surface area contributed by atoms with Gasteiger partial charge in [0.1, 0.15) is 27.8 Å². The highest BCUT2D eigenvalue weighted by Gasteiger charge is 2.54. The molecule has 5 N–H and O–H groups in total. The first kappa shape index (κ1) is 22.5. The van der Waals surface area contributed by atoms with Crippen LogP contribution in [0.3, 0.4) is 0 Å². The summed E-state index contributed by atoms with van der Waals surface area (Å²) in [5, 5.41) is 34.2. The number of carboxylic acids is 1. The molecule has 0 saturated carbocycles. The summed E-state index contributed by atoms with van der Waals surface area (Å²) < 4.78 is 0.713. The number of aliphatic carboxylic acids is 1. The third-order valence-corrected chi connectivity index (χ3v) is 8.57. The first-order chi connectivity index (χ1) is 15.3. The fraction of sp³-hybridized carbons (Fsp3) is 0.312. The number of hydrogen-bond acceptors (Lipinski definition) is 13. The molecule has 0 bridgehead atoms. The second kappa shape index (κ2) is 9.05. The number of nitrogens with zero attached hydrogens (tertiary/aromatic N) is 5. The number of aryl methyl sites for hydroxylation is 1. The van der Waals surface area contributed by atoms with Crippen molar-refractivity contribution >= 4 is 74.8 Å². The summed E-state index contributed by atoms with van der Waals surface area (Å²) in [4.78, 5) is 42.3. The van der Waals surface area contributed by atoms with E-state index in [4.69, 9.17) is 5.73 Å². The van der Waals surface area contributed by atoms with Gasteiger partial charge in [0.2, 0.25) is 0 Å². The molecule has 1 fully saturated rings. The van der Waals surface area contributed by atoms with E-state index in [1.54, 1.807) is 0 Å². The minimum absolute atomic E-state index is 0.0739. The summed E-state index contributed by atoms with van der Waals surface area (Å²) in [6, 6.07) is -0.963. The van der Waals surface area contributed by atoms with Crippen molar-refractivity contribution in [2.75, 3.05) is 17.2 Å². The summed E-state index contributed by atoms with van der Waals surface area (Å²) in [6.07, 6.45) is 0. The standard InChI is InChI=1S/C16H15N7O5S4/c1-5-20-21-16(32-5)31-3-6-2-29-13-9(12(25)23(13)10(6)14(26)27)19-11(24)8(22-28)7-4-30-15(17)18-7/h4,9,13,28H,2-3H2,1H3,(H2,17,18)(H,19,24)(H,26,27)/t9?,13-/m0/s1. The maximum absolute atomic E-state index is 12.8. The molecule has 4 rings (SSSR count). The number of aromatic nitrogens is 3. The molecule has 168 valence electrons. The Morgan fingerprint density at radius 2 is 2.22 bits per heavy atom. The molecule has 0 spiro atoms. The normalized spacial score (nSPS) is 20.7. The molecule has 2 aromatic rings. The topological polar surface area (TPSA) is 184 Å². The van der Waals surface area contributed by atoms with Gasteiger partial charge in [-0.2, -0.15) is 0 Å². The molecule has 0 aliphatic carbocycles. The van der Waals surface area contributed by atoms with E-state index in [2.05, 4.69) is 25.7 Å². The van der Waals surface area contributed by atoms with Crippen molar-refractivity contribution in [3.63, 3.8) is 0 Å². The maximum Gasteiger partial charge on any atom is 0.352 e. The minimum atomic E-state index is -1.21. The molecule has 32 heavy (non-hydrogen) atoms. The van der Waals surface area contributed by atoms with E-state index in [1.165, 1.54) is 45.1 Å². The SMILES string of the molecule is Cc1nnc(SCC2=C(C(=O)O)N3C(=O)C(NC(=O)C(=NO)c4csc(N)n4)[C@@H]3SC2)s1. The number of amides is 2. The van der Waals surface area contributed by atoms with E-state index in [-0.39, 0.29) is 22.2 Å². The molecule has 1 unspecified atom stereocenters. The van der Waals surface area contributed by atoms with Crippen LogP contribution in [0.4, 0.5) is 5.13 Å². The van der Waals surface area contributed by atoms with Crippen LogP contribution in [0, 0.1) is 6.92 Å². The molecule has 0 radical (unpaired) electrons. The minimum Gasteiger partial charge on any atom is -0.477 e. The molecule has 12 nitrogen and oxygen atoms in total. The van der Waals surface area contributed by atoms with Crippen molar-refractivity contribution in [3.8, 4) is 0 Å². The number of hydrogen-bond donors (Lipinski definition) is 4. The Bertz CT molecular complexity index is 1160. The van der Waals surface area contributed by atoms with Crippen LogP contribution in [0.2, 0.25) is 0 Å². The average Bonchev–Trinajstić information content (AvgIpc) is 3.38. The molecule has 2 aliphatic heterocycles. The number of thiazole rings is 1. The van der Waals surface area contributed by atoms with Gasteiger partial charge in [0, 0.05) is 16.9 Å². The van der Waals surface area contributed by atoms with Gasteiger partial charge in [-0.05, 0) is 12.5 Å². The van der Waals surface area contributed by atoms with Crippen molar-refractivity contribution in [3.05, 3.63) is 27.4 Å². The lowest BCUT2D eigenvalue weighted by molar-refractivity contribution is -0.150. The van der Waals surface area contributed by atoms with Gasteiger partial charge < -0.3 is 21.4 Å². The lowest BCUT2D eigenvalue weighted by Crippen LogP contribution is -2.71. The summed E-state index contributed by atoms with van der Waals surface area (Å²) in [5.41, 5.74) is 5.74. The molecule has 2 aliphatic rings. The summed E-state index contributed by atoms with van der Waals surface area (Å²) in [7, 11) is 0.